The maximum atomic E-state index is 10.7. The summed E-state index contributed by atoms with van der Waals surface area (Å²) in [5, 5.41) is 10.7. The second-order valence-electron chi connectivity index (χ2n) is 8.53. The number of β-amino-alcohol motifs (C(OH)–C–C–N with tert-alkyl or cyclic N) is 1. The molecule has 7 heteroatoms. The van der Waals surface area contributed by atoms with Crippen molar-refractivity contribution >= 4 is 11.0 Å². The Labute approximate surface area is 188 Å². The Morgan fingerprint density at radius 2 is 1.94 bits per heavy atom. The molecule has 2 unspecified atom stereocenters. The molecule has 32 heavy (non-hydrogen) atoms. The Hall–Kier alpha value is -2.87. The third-order valence-electron chi connectivity index (χ3n) is 6.37. The summed E-state index contributed by atoms with van der Waals surface area (Å²) in [6.45, 7) is 4.85. The van der Waals surface area contributed by atoms with E-state index in [1.165, 1.54) is 5.57 Å². The maximum absolute atomic E-state index is 10.7. The SMILES string of the molecule is OC(CN1CCN(C(C2=CC=CCC2)C2=COC=CO2)CC1)Cn1cnc2ccccc21. The fourth-order valence-corrected chi connectivity index (χ4v) is 4.79. The first kappa shape index (κ1) is 21.0. The minimum absolute atomic E-state index is 0.0919. The van der Waals surface area contributed by atoms with E-state index in [1.807, 2.05) is 35.2 Å². The minimum atomic E-state index is -0.441. The zero-order chi connectivity index (χ0) is 21.8. The van der Waals surface area contributed by atoms with Gasteiger partial charge in [0.05, 0.1) is 36.1 Å². The summed E-state index contributed by atoms with van der Waals surface area (Å²) in [4.78, 5) is 9.24. The van der Waals surface area contributed by atoms with Crippen LogP contribution in [0.4, 0.5) is 0 Å². The topological polar surface area (TPSA) is 63.0 Å². The monoisotopic (exact) mass is 434 g/mol. The van der Waals surface area contributed by atoms with E-state index >= 15 is 0 Å². The summed E-state index contributed by atoms with van der Waals surface area (Å²) in [5.74, 6) is 0.842. The number of aliphatic hydroxyl groups excluding tert-OH is 1. The summed E-state index contributed by atoms with van der Waals surface area (Å²) in [6.07, 6.45) is 14.9. The normalized spacial score (nSPS) is 21.5. The number of aromatic nitrogens is 2. The molecule has 0 saturated carbocycles. The van der Waals surface area contributed by atoms with E-state index in [2.05, 4.69) is 33.0 Å². The second kappa shape index (κ2) is 9.73. The van der Waals surface area contributed by atoms with Crippen molar-refractivity contribution in [3.05, 3.63) is 78.9 Å². The van der Waals surface area contributed by atoms with Crippen LogP contribution in [-0.4, -0.2) is 69.3 Å². The second-order valence-corrected chi connectivity index (χ2v) is 8.53. The lowest BCUT2D eigenvalue weighted by molar-refractivity contribution is 0.0514. The number of rotatable bonds is 7. The molecule has 2 atom stereocenters. The first-order valence-corrected chi connectivity index (χ1v) is 11.3. The van der Waals surface area contributed by atoms with Crippen LogP contribution in [0.25, 0.3) is 11.0 Å². The van der Waals surface area contributed by atoms with Crippen molar-refractivity contribution in [3.8, 4) is 0 Å². The Balaban J connectivity index is 1.19. The van der Waals surface area contributed by atoms with Crippen molar-refractivity contribution in [2.45, 2.75) is 31.5 Å². The number of ether oxygens (including phenoxy) is 2. The van der Waals surface area contributed by atoms with Crippen molar-refractivity contribution in [2.24, 2.45) is 0 Å². The molecule has 1 fully saturated rings. The van der Waals surface area contributed by atoms with E-state index in [1.54, 1.807) is 18.8 Å². The molecule has 1 aromatic heterocycles. The number of aliphatic hydroxyl groups is 1. The van der Waals surface area contributed by atoms with Crippen LogP contribution in [0.3, 0.4) is 0 Å². The summed E-state index contributed by atoms with van der Waals surface area (Å²) >= 11 is 0. The predicted molar refractivity (Wildman–Crippen MR) is 123 cm³/mol. The van der Waals surface area contributed by atoms with Gasteiger partial charge in [-0.3, -0.25) is 9.80 Å². The van der Waals surface area contributed by atoms with Crippen molar-refractivity contribution in [2.75, 3.05) is 32.7 Å². The molecule has 0 amide bonds. The lowest BCUT2D eigenvalue weighted by Gasteiger charge is -2.41. The van der Waals surface area contributed by atoms with Gasteiger partial charge in [0.1, 0.15) is 18.8 Å². The number of imidazole rings is 1. The van der Waals surface area contributed by atoms with Crippen LogP contribution >= 0.6 is 0 Å². The summed E-state index contributed by atoms with van der Waals surface area (Å²) < 4.78 is 13.3. The van der Waals surface area contributed by atoms with E-state index in [-0.39, 0.29) is 6.04 Å². The van der Waals surface area contributed by atoms with Crippen molar-refractivity contribution < 1.29 is 14.6 Å². The molecule has 7 nitrogen and oxygen atoms in total. The van der Waals surface area contributed by atoms with Gasteiger partial charge in [0, 0.05) is 32.7 Å². The van der Waals surface area contributed by atoms with Crippen LogP contribution in [-0.2, 0) is 16.0 Å². The van der Waals surface area contributed by atoms with Crippen molar-refractivity contribution in [3.63, 3.8) is 0 Å². The average Bonchev–Trinajstić information content (AvgIpc) is 3.24. The highest BCUT2D eigenvalue weighted by atomic mass is 16.5. The molecule has 1 N–H and O–H groups in total. The molecule has 0 radical (unpaired) electrons. The molecule has 3 heterocycles. The summed E-state index contributed by atoms with van der Waals surface area (Å²) in [5.41, 5.74) is 3.38. The predicted octanol–water partition coefficient (Wildman–Crippen LogP) is 3.02. The standard InChI is InChI=1S/C25H30N4O3/c30-21(17-29-19-26-22-8-4-5-9-23(22)29)16-27-10-12-28(13-11-27)25(20-6-2-1-3-7-20)24-18-31-14-15-32-24/h1-2,4-6,8-9,14-15,18-19,21,25,30H,3,7,10-13,16-17H2. The van der Waals surface area contributed by atoms with Gasteiger partial charge in [-0.05, 0) is 30.5 Å². The molecule has 3 aliphatic rings. The first-order valence-electron chi connectivity index (χ1n) is 11.3. The number of fused-ring (bicyclic) bond motifs is 1. The number of hydrogen-bond acceptors (Lipinski definition) is 6. The van der Waals surface area contributed by atoms with Gasteiger partial charge in [-0.25, -0.2) is 4.98 Å². The van der Waals surface area contributed by atoms with Crippen molar-refractivity contribution in [1.29, 1.82) is 0 Å². The fraction of sp³-hybridized carbons (Fsp3) is 0.400. The van der Waals surface area contributed by atoms with E-state index in [0.717, 1.165) is 55.8 Å². The molecule has 1 aliphatic carbocycles. The van der Waals surface area contributed by atoms with Gasteiger partial charge in [-0.15, -0.1) is 0 Å². The van der Waals surface area contributed by atoms with E-state index in [9.17, 15) is 5.11 Å². The molecule has 0 bridgehead atoms. The maximum Gasteiger partial charge on any atom is 0.160 e. The highest BCUT2D eigenvalue weighted by Crippen LogP contribution is 2.28. The molecule has 5 rings (SSSR count). The van der Waals surface area contributed by atoms with Gasteiger partial charge in [0.25, 0.3) is 0 Å². The zero-order valence-corrected chi connectivity index (χ0v) is 18.2. The largest absolute Gasteiger partial charge is 0.466 e. The molecule has 2 aliphatic heterocycles. The molecule has 1 aromatic carbocycles. The zero-order valence-electron chi connectivity index (χ0n) is 18.2. The van der Waals surface area contributed by atoms with Gasteiger partial charge >= 0.3 is 0 Å². The highest BCUT2D eigenvalue weighted by molar-refractivity contribution is 5.74. The van der Waals surface area contributed by atoms with Gasteiger partial charge in [0.2, 0.25) is 0 Å². The quantitative estimate of drug-likeness (QED) is 0.723. The fourth-order valence-electron chi connectivity index (χ4n) is 4.79. The molecular formula is C25H30N4O3. The van der Waals surface area contributed by atoms with Gasteiger partial charge in [0.15, 0.2) is 5.76 Å². The van der Waals surface area contributed by atoms with E-state index in [4.69, 9.17) is 9.47 Å². The van der Waals surface area contributed by atoms with Gasteiger partial charge < -0.3 is 19.1 Å². The van der Waals surface area contributed by atoms with Crippen LogP contribution in [0.2, 0.25) is 0 Å². The Morgan fingerprint density at radius 1 is 1.06 bits per heavy atom. The highest BCUT2D eigenvalue weighted by Gasteiger charge is 2.31. The number of hydrogen-bond donors (Lipinski definition) is 1. The number of benzene rings is 1. The molecule has 1 saturated heterocycles. The van der Waals surface area contributed by atoms with Crippen LogP contribution in [0.1, 0.15) is 12.8 Å². The Morgan fingerprint density at radius 3 is 2.72 bits per heavy atom. The van der Waals surface area contributed by atoms with Crippen molar-refractivity contribution in [1.82, 2.24) is 19.4 Å². The molecule has 168 valence electrons. The van der Waals surface area contributed by atoms with Crippen LogP contribution in [0.5, 0.6) is 0 Å². The van der Waals surface area contributed by atoms with E-state index < -0.39 is 6.10 Å². The average molecular weight is 435 g/mol. The number of para-hydroxylation sites is 2. The number of nitrogens with zero attached hydrogens (tertiary/aromatic N) is 4. The summed E-state index contributed by atoms with van der Waals surface area (Å²) in [6, 6.07) is 8.13. The molecule has 0 spiro atoms. The smallest absolute Gasteiger partial charge is 0.160 e. The van der Waals surface area contributed by atoms with Crippen LogP contribution in [0, 0.1) is 0 Å². The Kier molecular flexibility index (Phi) is 6.39. The van der Waals surface area contributed by atoms with Crippen LogP contribution in [0.15, 0.2) is 78.9 Å². The number of piperazine rings is 1. The third kappa shape index (κ3) is 4.65. The first-order chi connectivity index (χ1) is 15.8. The third-order valence-corrected chi connectivity index (χ3v) is 6.37. The van der Waals surface area contributed by atoms with Crippen LogP contribution < -0.4 is 0 Å². The van der Waals surface area contributed by atoms with Gasteiger partial charge in [-0.1, -0.05) is 30.4 Å². The molecular weight excluding hydrogens is 404 g/mol. The Bertz CT molecular complexity index is 1050. The molecule has 2 aromatic rings. The lowest BCUT2D eigenvalue weighted by atomic mass is 9.94. The minimum Gasteiger partial charge on any atom is -0.466 e. The number of allylic oxidation sites excluding steroid dienone is 3. The lowest BCUT2D eigenvalue weighted by Crippen LogP contribution is -2.53. The summed E-state index contributed by atoms with van der Waals surface area (Å²) in [7, 11) is 0. The van der Waals surface area contributed by atoms with Gasteiger partial charge in [-0.2, -0.15) is 0 Å². The van der Waals surface area contributed by atoms with E-state index in [0.29, 0.717) is 13.1 Å².